The fourth-order valence-electron chi connectivity index (χ4n) is 2.55. The average Bonchev–Trinajstić information content (AvgIpc) is 2.11. The number of hydrogen-bond donors (Lipinski definition) is 1. The molecule has 1 saturated carbocycles. The first kappa shape index (κ1) is 12.0. The third-order valence-corrected chi connectivity index (χ3v) is 3.42. The Kier molecular flexibility index (Phi) is 4.94. The minimum Gasteiger partial charge on any atom is -0.314 e. The molecule has 0 amide bonds. The Morgan fingerprint density at radius 3 is 2.71 bits per heavy atom. The van der Waals surface area contributed by atoms with Crippen molar-refractivity contribution >= 4 is 0 Å². The molecular weight excluding hydrogens is 170 g/mol. The van der Waals surface area contributed by atoms with Gasteiger partial charge in [0, 0.05) is 6.04 Å². The second-order valence-corrected chi connectivity index (χ2v) is 5.62. The van der Waals surface area contributed by atoms with Crippen LogP contribution in [0.5, 0.6) is 0 Å². The Morgan fingerprint density at radius 2 is 2.07 bits per heavy atom. The van der Waals surface area contributed by atoms with Crippen LogP contribution in [0.4, 0.5) is 0 Å². The van der Waals surface area contributed by atoms with Gasteiger partial charge in [-0.2, -0.15) is 0 Å². The van der Waals surface area contributed by atoms with Gasteiger partial charge in [0.05, 0.1) is 0 Å². The van der Waals surface area contributed by atoms with Gasteiger partial charge in [-0.15, -0.1) is 0 Å². The molecule has 1 unspecified atom stereocenters. The van der Waals surface area contributed by atoms with Crippen molar-refractivity contribution < 1.29 is 0 Å². The zero-order valence-electron chi connectivity index (χ0n) is 10.2. The summed E-state index contributed by atoms with van der Waals surface area (Å²) >= 11 is 0. The standard InChI is InChI=1S/C13H27N/c1-4-5-6-10-14-12-8-7-9-13(2,3)11-12/h12,14H,4-11H2,1-3H3. The van der Waals surface area contributed by atoms with E-state index < -0.39 is 0 Å². The summed E-state index contributed by atoms with van der Waals surface area (Å²) in [5, 5.41) is 3.71. The SMILES string of the molecule is CCCCCNC1CCCC(C)(C)C1. The second kappa shape index (κ2) is 5.75. The summed E-state index contributed by atoms with van der Waals surface area (Å²) in [5.74, 6) is 0. The predicted molar refractivity (Wildman–Crippen MR) is 63.6 cm³/mol. The van der Waals surface area contributed by atoms with E-state index >= 15 is 0 Å². The van der Waals surface area contributed by atoms with Crippen LogP contribution in [-0.4, -0.2) is 12.6 Å². The van der Waals surface area contributed by atoms with Crippen LogP contribution in [0.15, 0.2) is 0 Å². The van der Waals surface area contributed by atoms with Crippen molar-refractivity contribution in [2.45, 2.75) is 71.8 Å². The molecule has 1 aliphatic rings. The molecule has 0 bridgehead atoms. The van der Waals surface area contributed by atoms with Crippen LogP contribution < -0.4 is 5.32 Å². The average molecular weight is 197 g/mol. The molecule has 1 atom stereocenters. The number of nitrogens with one attached hydrogen (secondary N) is 1. The van der Waals surface area contributed by atoms with Crippen LogP contribution in [0.25, 0.3) is 0 Å². The lowest BCUT2D eigenvalue weighted by atomic mass is 9.75. The third-order valence-electron chi connectivity index (χ3n) is 3.42. The smallest absolute Gasteiger partial charge is 0.00721 e. The van der Waals surface area contributed by atoms with Gasteiger partial charge in [0.25, 0.3) is 0 Å². The molecule has 14 heavy (non-hydrogen) atoms. The fourth-order valence-corrected chi connectivity index (χ4v) is 2.55. The van der Waals surface area contributed by atoms with Gasteiger partial charge in [-0.05, 0) is 37.6 Å². The lowest BCUT2D eigenvalue weighted by Gasteiger charge is -2.35. The number of rotatable bonds is 5. The molecule has 84 valence electrons. The van der Waals surface area contributed by atoms with Crippen molar-refractivity contribution in [1.29, 1.82) is 0 Å². The van der Waals surface area contributed by atoms with Crippen LogP contribution in [0.3, 0.4) is 0 Å². The quantitative estimate of drug-likeness (QED) is 0.662. The molecule has 1 heteroatoms. The van der Waals surface area contributed by atoms with Gasteiger partial charge in [0.1, 0.15) is 0 Å². The summed E-state index contributed by atoms with van der Waals surface area (Å²) < 4.78 is 0. The van der Waals surface area contributed by atoms with Crippen molar-refractivity contribution in [2.24, 2.45) is 5.41 Å². The second-order valence-electron chi connectivity index (χ2n) is 5.62. The van der Waals surface area contributed by atoms with Crippen molar-refractivity contribution in [2.75, 3.05) is 6.54 Å². The first-order chi connectivity index (χ1) is 6.64. The van der Waals surface area contributed by atoms with Gasteiger partial charge in [0.2, 0.25) is 0 Å². The van der Waals surface area contributed by atoms with Gasteiger partial charge >= 0.3 is 0 Å². The molecule has 0 radical (unpaired) electrons. The van der Waals surface area contributed by atoms with E-state index in [1.807, 2.05) is 0 Å². The highest BCUT2D eigenvalue weighted by Gasteiger charge is 2.27. The minimum absolute atomic E-state index is 0.584. The molecule has 1 rings (SSSR count). The highest BCUT2D eigenvalue weighted by atomic mass is 14.9. The van der Waals surface area contributed by atoms with Crippen LogP contribution in [0.1, 0.15) is 65.7 Å². The number of unbranched alkanes of at least 4 members (excludes halogenated alkanes) is 2. The van der Waals surface area contributed by atoms with Gasteiger partial charge in [0.15, 0.2) is 0 Å². The first-order valence-electron chi connectivity index (χ1n) is 6.37. The molecule has 0 aromatic carbocycles. The molecule has 0 saturated heterocycles. The van der Waals surface area contributed by atoms with Crippen LogP contribution >= 0.6 is 0 Å². The zero-order valence-corrected chi connectivity index (χ0v) is 10.2. The molecule has 0 aromatic rings. The summed E-state index contributed by atoms with van der Waals surface area (Å²) in [4.78, 5) is 0. The summed E-state index contributed by atoms with van der Waals surface area (Å²) in [5.41, 5.74) is 0.584. The summed E-state index contributed by atoms with van der Waals surface area (Å²) in [6, 6.07) is 0.801. The monoisotopic (exact) mass is 197 g/mol. The van der Waals surface area contributed by atoms with Gasteiger partial charge in [-0.1, -0.05) is 40.0 Å². The van der Waals surface area contributed by atoms with E-state index in [0.29, 0.717) is 5.41 Å². The van der Waals surface area contributed by atoms with Gasteiger partial charge < -0.3 is 5.32 Å². The molecule has 0 spiro atoms. The zero-order chi connectivity index (χ0) is 10.4. The third kappa shape index (κ3) is 4.45. The van der Waals surface area contributed by atoms with Crippen LogP contribution in [0, 0.1) is 5.41 Å². The van der Waals surface area contributed by atoms with Crippen LogP contribution in [0.2, 0.25) is 0 Å². The van der Waals surface area contributed by atoms with E-state index in [9.17, 15) is 0 Å². The van der Waals surface area contributed by atoms with Crippen LogP contribution in [-0.2, 0) is 0 Å². The molecule has 1 N–H and O–H groups in total. The Hall–Kier alpha value is -0.0400. The molecule has 0 aromatic heterocycles. The first-order valence-corrected chi connectivity index (χ1v) is 6.37. The van der Waals surface area contributed by atoms with E-state index in [1.165, 1.54) is 51.5 Å². The lowest BCUT2D eigenvalue weighted by Crippen LogP contribution is -2.37. The minimum atomic E-state index is 0.584. The van der Waals surface area contributed by atoms with E-state index in [0.717, 1.165) is 6.04 Å². The maximum Gasteiger partial charge on any atom is 0.00721 e. The molecule has 0 aliphatic heterocycles. The highest BCUT2D eigenvalue weighted by Crippen LogP contribution is 2.34. The predicted octanol–water partition coefficient (Wildman–Crippen LogP) is 3.74. The summed E-state index contributed by atoms with van der Waals surface area (Å²) in [6.45, 7) is 8.32. The summed E-state index contributed by atoms with van der Waals surface area (Å²) in [7, 11) is 0. The van der Waals surface area contributed by atoms with E-state index in [-0.39, 0.29) is 0 Å². The Balaban J connectivity index is 2.12. The van der Waals surface area contributed by atoms with Gasteiger partial charge in [-0.3, -0.25) is 0 Å². The Labute approximate surface area is 89.7 Å². The summed E-state index contributed by atoms with van der Waals surface area (Å²) in [6.07, 6.45) is 9.67. The van der Waals surface area contributed by atoms with Crippen molar-refractivity contribution in [3.8, 4) is 0 Å². The molecular formula is C13H27N. The van der Waals surface area contributed by atoms with Crippen molar-refractivity contribution in [3.63, 3.8) is 0 Å². The normalized spacial score (nSPS) is 26.4. The number of hydrogen-bond acceptors (Lipinski definition) is 1. The molecule has 1 aliphatic carbocycles. The largest absolute Gasteiger partial charge is 0.314 e. The fraction of sp³-hybridized carbons (Fsp3) is 1.00. The molecule has 1 fully saturated rings. The van der Waals surface area contributed by atoms with Crippen molar-refractivity contribution in [3.05, 3.63) is 0 Å². The Morgan fingerprint density at radius 1 is 1.29 bits per heavy atom. The maximum atomic E-state index is 3.71. The van der Waals surface area contributed by atoms with Gasteiger partial charge in [-0.25, -0.2) is 0 Å². The van der Waals surface area contributed by atoms with E-state index in [4.69, 9.17) is 0 Å². The topological polar surface area (TPSA) is 12.0 Å². The Bertz CT molecular complexity index is 151. The molecule has 1 nitrogen and oxygen atoms in total. The van der Waals surface area contributed by atoms with E-state index in [1.54, 1.807) is 0 Å². The maximum absolute atomic E-state index is 3.71. The lowest BCUT2D eigenvalue weighted by molar-refractivity contribution is 0.198. The van der Waals surface area contributed by atoms with E-state index in [2.05, 4.69) is 26.1 Å². The highest BCUT2D eigenvalue weighted by molar-refractivity contribution is 4.83. The van der Waals surface area contributed by atoms with Crippen molar-refractivity contribution in [1.82, 2.24) is 5.32 Å². The molecule has 0 heterocycles.